The first kappa shape index (κ1) is 16.9. The van der Waals surface area contributed by atoms with Gasteiger partial charge in [-0.15, -0.1) is 0 Å². The summed E-state index contributed by atoms with van der Waals surface area (Å²) < 4.78 is 4.77. The predicted octanol–water partition coefficient (Wildman–Crippen LogP) is -0.488. The number of nitrogens with one attached hydrogen (secondary N) is 2. The predicted molar refractivity (Wildman–Crippen MR) is 78.7 cm³/mol. The number of benzene rings is 1. The maximum absolute atomic E-state index is 11.7. The van der Waals surface area contributed by atoms with Gasteiger partial charge < -0.3 is 26.2 Å². The number of hydrogen-bond donors (Lipinski definition) is 4. The summed E-state index contributed by atoms with van der Waals surface area (Å²) >= 11 is 0. The van der Waals surface area contributed by atoms with Crippen LogP contribution in [-0.2, 0) is 9.53 Å². The molecule has 0 heterocycles. The van der Waals surface area contributed by atoms with E-state index in [1.807, 2.05) is 0 Å². The fraction of sp³-hybridized carbons (Fsp3) is 0.429. The Morgan fingerprint density at radius 2 is 1.95 bits per heavy atom. The molecule has 0 aliphatic heterocycles. The van der Waals surface area contributed by atoms with Crippen LogP contribution in [0.4, 0.5) is 5.69 Å². The average molecular weight is 295 g/mol. The van der Waals surface area contributed by atoms with Crippen LogP contribution >= 0.6 is 0 Å². The summed E-state index contributed by atoms with van der Waals surface area (Å²) in [7, 11) is 1.49. The van der Waals surface area contributed by atoms with Gasteiger partial charge in [0.2, 0.25) is 5.91 Å². The van der Waals surface area contributed by atoms with Crippen LogP contribution in [0.15, 0.2) is 24.3 Å². The zero-order valence-electron chi connectivity index (χ0n) is 12.0. The molecule has 0 saturated heterocycles. The highest BCUT2D eigenvalue weighted by molar-refractivity contribution is 5.96. The lowest BCUT2D eigenvalue weighted by atomic mass is 10.2. The second-order valence-corrected chi connectivity index (χ2v) is 4.55. The number of rotatable bonds is 8. The lowest BCUT2D eigenvalue weighted by Gasteiger charge is -2.10. The Balaban J connectivity index is 2.23. The van der Waals surface area contributed by atoms with E-state index in [-0.39, 0.29) is 25.0 Å². The van der Waals surface area contributed by atoms with Crippen molar-refractivity contribution in [1.82, 2.24) is 10.6 Å². The molecule has 7 nitrogen and oxygen atoms in total. The van der Waals surface area contributed by atoms with E-state index in [9.17, 15) is 14.7 Å². The number of carbonyl (C=O) groups is 2. The van der Waals surface area contributed by atoms with Gasteiger partial charge in [0.05, 0.1) is 19.3 Å². The van der Waals surface area contributed by atoms with Crippen molar-refractivity contribution < 1.29 is 19.4 Å². The van der Waals surface area contributed by atoms with Gasteiger partial charge in [0.1, 0.15) is 0 Å². The van der Waals surface area contributed by atoms with Gasteiger partial charge in [-0.05, 0) is 30.7 Å². The van der Waals surface area contributed by atoms with E-state index in [1.54, 1.807) is 24.3 Å². The second-order valence-electron chi connectivity index (χ2n) is 4.55. The number of aliphatic hydroxyl groups is 1. The molecule has 0 aromatic heterocycles. The van der Waals surface area contributed by atoms with Crippen LogP contribution in [0.2, 0.25) is 0 Å². The molecule has 1 unspecified atom stereocenters. The molecule has 0 saturated carbocycles. The van der Waals surface area contributed by atoms with Crippen LogP contribution < -0.4 is 16.4 Å². The highest BCUT2D eigenvalue weighted by Gasteiger charge is 2.08. The van der Waals surface area contributed by atoms with E-state index in [2.05, 4.69) is 10.6 Å². The van der Waals surface area contributed by atoms with Crippen LogP contribution in [0, 0.1) is 0 Å². The SMILES string of the molecule is COCC(O)CCNC(=O)CNC(=O)c1ccc(N)cc1. The van der Waals surface area contributed by atoms with Crippen molar-refractivity contribution in [2.24, 2.45) is 0 Å². The standard InChI is InChI=1S/C14H21N3O4/c1-21-9-12(18)6-7-16-13(19)8-17-14(20)10-2-4-11(15)5-3-10/h2-5,12,18H,6-9,15H2,1H3,(H,16,19)(H,17,20). The fourth-order valence-electron chi connectivity index (χ4n) is 1.61. The number of nitrogens with two attached hydrogens (primary N) is 1. The zero-order valence-corrected chi connectivity index (χ0v) is 12.0. The Hall–Kier alpha value is -2.12. The first-order valence-electron chi connectivity index (χ1n) is 6.60. The Labute approximate surface area is 123 Å². The van der Waals surface area contributed by atoms with Crippen molar-refractivity contribution in [3.05, 3.63) is 29.8 Å². The molecule has 0 radical (unpaired) electrons. The molecule has 1 aromatic carbocycles. The first-order valence-corrected chi connectivity index (χ1v) is 6.60. The lowest BCUT2D eigenvalue weighted by molar-refractivity contribution is -0.120. The largest absolute Gasteiger partial charge is 0.399 e. The van der Waals surface area contributed by atoms with E-state index >= 15 is 0 Å². The fourth-order valence-corrected chi connectivity index (χ4v) is 1.61. The van der Waals surface area contributed by atoms with Crippen molar-refractivity contribution in [2.75, 3.05) is 32.5 Å². The Morgan fingerprint density at radius 3 is 2.57 bits per heavy atom. The molecule has 116 valence electrons. The van der Waals surface area contributed by atoms with Crippen LogP contribution in [0.1, 0.15) is 16.8 Å². The molecule has 0 bridgehead atoms. The maximum atomic E-state index is 11.7. The van der Waals surface area contributed by atoms with Crippen molar-refractivity contribution in [2.45, 2.75) is 12.5 Å². The van der Waals surface area contributed by atoms with Crippen LogP contribution in [0.5, 0.6) is 0 Å². The highest BCUT2D eigenvalue weighted by Crippen LogP contribution is 2.04. The topological polar surface area (TPSA) is 114 Å². The molecule has 0 aliphatic rings. The van der Waals surface area contributed by atoms with Gasteiger partial charge in [0.25, 0.3) is 5.91 Å². The molecule has 0 fully saturated rings. The molecule has 1 rings (SSSR count). The molecule has 7 heteroatoms. The second kappa shape index (κ2) is 8.93. The van der Waals surface area contributed by atoms with Crippen molar-refractivity contribution >= 4 is 17.5 Å². The average Bonchev–Trinajstić information content (AvgIpc) is 2.46. The Kier molecular flexibility index (Phi) is 7.20. The van der Waals surface area contributed by atoms with Crippen molar-refractivity contribution in [3.8, 4) is 0 Å². The minimum absolute atomic E-state index is 0.121. The van der Waals surface area contributed by atoms with Gasteiger partial charge in [-0.2, -0.15) is 0 Å². The number of methoxy groups -OCH3 is 1. The van der Waals surface area contributed by atoms with Gasteiger partial charge in [-0.25, -0.2) is 0 Å². The molecule has 5 N–H and O–H groups in total. The van der Waals surface area contributed by atoms with Crippen molar-refractivity contribution in [1.29, 1.82) is 0 Å². The summed E-state index contributed by atoms with van der Waals surface area (Å²) in [5.41, 5.74) is 6.53. The third-order valence-electron chi connectivity index (χ3n) is 2.74. The normalized spacial score (nSPS) is 11.7. The smallest absolute Gasteiger partial charge is 0.251 e. The molecule has 2 amide bonds. The van der Waals surface area contributed by atoms with Gasteiger partial charge >= 0.3 is 0 Å². The monoisotopic (exact) mass is 295 g/mol. The van der Waals surface area contributed by atoms with Crippen LogP contribution in [0.3, 0.4) is 0 Å². The number of anilines is 1. The minimum Gasteiger partial charge on any atom is -0.399 e. The van der Waals surface area contributed by atoms with Gasteiger partial charge in [0.15, 0.2) is 0 Å². The molecule has 1 atom stereocenters. The number of carbonyl (C=O) groups excluding carboxylic acids is 2. The molecule has 1 aromatic rings. The van der Waals surface area contributed by atoms with Gasteiger partial charge in [-0.1, -0.05) is 0 Å². The van der Waals surface area contributed by atoms with E-state index in [0.29, 0.717) is 24.2 Å². The minimum atomic E-state index is -0.611. The summed E-state index contributed by atoms with van der Waals surface area (Å²) in [4.78, 5) is 23.3. The van der Waals surface area contributed by atoms with Crippen LogP contribution in [-0.4, -0.2) is 49.8 Å². The molecule has 0 aliphatic carbocycles. The number of amides is 2. The number of ether oxygens (including phenoxy) is 1. The first-order chi connectivity index (χ1) is 10.0. The summed E-state index contributed by atoms with van der Waals surface area (Å²) in [6.45, 7) is 0.425. The zero-order chi connectivity index (χ0) is 15.7. The third kappa shape index (κ3) is 6.73. The summed E-state index contributed by atoms with van der Waals surface area (Å²) in [5, 5.41) is 14.5. The van der Waals surface area contributed by atoms with E-state index in [0.717, 1.165) is 0 Å². The molecule has 0 spiro atoms. The number of hydrogen-bond acceptors (Lipinski definition) is 5. The lowest BCUT2D eigenvalue weighted by Crippen LogP contribution is -2.38. The summed E-state index contributed by atoms with van der Waals surface area (Å²) in [6, 6.07) is 6.41. The van der Waals surface area contributed by atoms with Gasteiger partial charge in [-0.3, -0.25) is 9.59 Å². The Bertz CT molecular complexity index is 462. The van der Waals surface area contributed by atoms with Gasteiger partial charge in [0, 0.05) is 24.9 Å². The Morgan fingerprint density at radius 1 is 1.29 bits per heavy atom. The quantitative estimate of drug-likeness (QED) is 0.483. The van der Waals surface area contributed by atoms with Crippen molar-refractivity contribution in [3.63, 3.8) is 0 Å². The molecular weight excluding hydrogens is 274 g/mol. The number of nitrogen functional groups attached to an aromatic ring is 1. The highest BCUT2D eigenvalue weighted by atomic mass is 16.5. The van der Waals surface area contributed by atoms with E-state index < -0.39 is 6.10 Å². The molecular formula is C14H21N3O4. The summed E-state index contributed by atoms with van der Waals surface area (Å²) in [6.07, 6.45) is -0.217. The number of aliphatic hydroxyl groups excluding tert-OH is 1. The van der Waals surface area contributed by atoms with Crippen LogP contribution in [0.25, 0.3) is 0 Å². The third-order valence-corrected chi connectivity index (χ3v) is 2.74. The molecule has 21 heavy (non-hydrogen) atoms. The summed E-state index contributed by atoms with van der Waals surface area (Å²) in [5.74, 6) is -0.659. The maximum Gasteiger partial charge on any atom is 0.251 e. The van der Waals surface area contributed by atoms with E-state index in [4.69, 9.17) is 10.5 Å². The van der Waals surface area contributed by atoms with E-state index in [1.165, 1.54) is 7.11 Å².